The van der Waals surface area contributed by atoms with Crippen LogP contribution in [0.25, 0.3) is 21.7 Å². The Bertz CT molecular complexity index is 1320. The molecule has 0 saturated heterocycles. The Kier molecular flexibility index (Phi) is 4.86. The highest BCUT2D eigenvalue weighted by Gasteiger charge is 2.28. The average molecular weight is 441 g/mol. The molecule has 1 aliphatic rings. The Hall–Kier alpha value is -2.65. The summed E-state index contributed by atoms with van der Waals surface area (Å²) in [6.45, 7) is 2.19. The summed E-state index contributed by atoms with van der Waals surface area (Å²) in [7, 11) is 1.37. The van der Waals surface area contributed by atoms with Crippen LogP contribution in [0.3, 0.4) is 0 Å². The summed E-state index contributed by atoms with van der Waals surface area (Å²) >= 11 is 2.92. The van der Waals surface area contributed by atoms with Gasteiger partial charge >= 0.3 is 5.97 Å². The Morgan fingerprint density at radius 2 is 2.10 bits per heavy atom. The first-order valence-corrected chi connectivity index (χ1v) is 11.6. The number of aryl methyl sites for hydroxylation is 1. The average Bonchev–Trinajstić information content (AvgIpc) is 3.35. The summed E-state index contributed by atoms with van der Waals surface area (Å²) in [5, 5.41) is 9.99. The number of rotatable bonds is 4. The van der Waals surface area contributed by atoms with Crippen LogP contribution in [0, 0.1) is 0 Å². The van der Waals surface area contributed by atoms with Crippen LogP contribution in [0.5, 0.6) is 0 Å². The molecule has 0 N–H and O–H groups in total. The molecule has 7 nitrogen and oxygen atoms in total. The fourth-order valence-electron chi connectivity index (χ4n) is 4.13. The van der Waals surface area contributed by atoms with Crippen LogP contribution >= 0.6 is 23.1 Å². The number of carbonyl (C=O) groups excluding carboxylic acids is 1. The second kappa shape index (κ2) is 7.55. The lowest BCUT2D eigenvalue weighted by Crippen LogP contribution is -2.22. The predicted octanol–water partition coefficient (Wildman–Crippen LogP) is 3.80. The monoisotopic (exact) mass is 440 g/mol. The van der Waals surface area contributed by atoms with Crippen molar-refractivity contribution in [2.45, 2.75) is 37.3 Å². The third-order valence-electron chi connectivity index (χ3n) is 5.53. The van der Waals surface area contributed by atoms with E-state index < -0.39 is 0 Å². The first-order valence-electron chi connectivity index (χ1n) is 9.80. The van der Waals surface area contributed by atoms with Gasteiger partial charge in [0.25, 0.3) is 5.56 Å². The van der Waals surface area contributed by atoms with Crippen LogP contribution in [0.4, 0.5) is 0 Å². The summed E-state index contributed by atoms with van der Waals surface area (Å²) in [4.78, 5) is 27.6. The van der Waals surface area contributed by atoms with Crippen molar-refractivity contribution in [3.8, 4) is 5.69 Å². The highest BCUT2D eigenvalue weighted by atomic mass is 32.2. The number of hydrogen-bond acceptors (Lipinski definition) is 7. The van der Waals surface area contributed by atoms with Gasteiger partial charge in [0.2, 0.25) is 5.78 Å². The summed E-state index contributed by atoms with van der Waals surface area (Å²) in [6.07, 6.45) is 3.19. The van der Waals surface area contributed by atoms with Gasteiger partial charge in [0.05, 0.1) is 23.9 Å². The van der Waals surface area contributed by atoms with Gasteiger partial charge in [-0.1, -0.05) is 36.9 Å². The van der Waals surface area contributed by atoms with Crippen molar-refractivity contribution in [1.82, 2.24) is 19.2 Å². The number of para-hydroxylation sites is 1. The molecule has 4 aromatic rings. The molecular formula is C21H20N4O3S2. The maximum atomic E-state index is 13.8. The van der Waals surface area contributed by atoms with E-state index >= 15 is 0 Å². The molecule has 0 radical (unpaired) electrons. The van der Waals surface area contributed by atoms with Crippen molar-refractivity contribution in [3.63, 3.8) is 0 Å². The molecule has 30 heavy (non-hydrogen) atoms. The normalized spacial score (nSPS) is 16.1. The summed E-state index contributed by atoms with van der Waals surface area (Å²) < 4.78 is 8.33. The molecule has 154 valence electrons. The summed E-state index contributed by atoms with van der Waals surface area (Å²) in [6, 6.07) is 9.51. The molecule has 3 aromatic heterocycles. The third kappa shape index (κ3) is 2.95. The first kappa shape index (κ1) is 19.3. The van der Waals surface area contributed by atoms with Crippen molar-refractivity contribution in [3.05, 3.63) is 51.1 Å². The zero-order valence-electron chi connectivity index (χ0n) is 16.6. The van der Waals surface area contributed by atoms with Gasteiger partial charge in [-0.3, -0.25) is 9.59 Å². The van der Waals surface area contributed by atoms with E-state index in [1.54, 1.807) is 15.9 Å². The lowest BCUT2D eigenvalue weighted by atomic mass is 9.88. The Balaban J connectivity index is 1.86. The molecule has 0 aliphatic heterocycles. The molecular weight excluding hydrogens is 420 g/mol. The van der Waals surface area contributed by atoms with Crippen molar-refractivity contribution in [1.29, 1.82) is 0 Å². The van der Waals surface area contributed by atoms with E-state index in [1.807, 2.05) is 34.7 Å². The first-order chi connectivity index (χ1) is 14.6. The van der Waals surface area contributed by atoms with E-state index in [-0.39, 0.29) is 17.3 Å². The number of aromatic nitrogens is 4. The minimum absolute atomic E-state index is 0.0631. The standard InChI is InChI=1S/C21H20N4O3S2/c1-12-7-6-10-14-16(12)17-18(27)24(13-8-4-3-5-9-13)20-22-23-21(25(20)19(17)30-14)29-11-15(26)28-2/h3-5,8-9,12H,6-7,10-11H2,1-2H3. The second-order valence-corrected chi connectivity index (χ2v) is 9.40. The topological polar surface area (TPSA) is 78.5 Å². The number of benzene rings is 1. The Morgan fingerprint density at radius 1 is 1.30 bits per heavy atom. The van der Waals surface area contributed by atoms with Gasteiger partial charge in [-0.05, 0) is 42.9 Å². The number of thiophene rings is 1. The van der Waals surface area contributed by atoms with E-state index in [0.717, 1.165) is 40.7 Å². The van der Waals surface area contributed by atoms with Crippen molar-refractivity contribution in [2.24, 2.45) is 0 Å². The zero-order valence-corrected chi connectivity index (χ0v) is 18.3. The lowest BCUT2D eigenvalue weighted by molar-refractivity contribution is -0.137. The third-order valence-corrected chi connectivity index (χ3v) is 7.69. The van der Waals surface area contributed by atoms with Crippen LogP contribution in [-0.2, 0) is 16.0 Å². The van der Waals surface area contributed by atoms with Gasteiger partial charge < -0.3 is 4.74 Å². The van der Waals surface area contributed by atoms with Crippen molar-refractivity contribution < 1.29 is 9.53 Å². The van der Waals surface area contributed by atoms with Gasteiger partial charge in [0, 0.05) is 4.88 Å². The molecule has 1 atom stereocenters. The van der Waals surface area contributed by atoms with E-state index in [1.165, 1.54) is 23.7 Å². The predicted molar refractivity (Wildman–Crippen MR) is 118 cm³/mol. The minimum atomic E-state index is -0.330. The number of methoxy groups -OCH3 is 1. The number of carbonyl (C=O) groups is 1. The lowest BCUT2D eigenvalue weighted by Gasteiger charge is -2.18. The van der Waals surface area contributed by atoms with E-state index in [0.29, 0.717) is 16.9 Å². The molecule has 5 rings (SSSR count). The van der Waals surface area contributed by atoms with Gasteiger partial charge in [-0.15, -0.1) is 21.5 Å². The van der Waals surface area contributed by atoms with Gasteiger partial charge in [0.15, 0.2) is 5.16 Å². The Labute approximate surface area is 180 Å². The fraction of sp³-hybridized carbons (Fsp3) is 0.333. The molecule has 0 saturated carbocycles. The second-order valence-electron chi connectivity index (χ2n) is 7.37. The van der Waals surface area contributed by atoms with Crippen LogP contribution in [0.15, 0.2) is 40.3 Å². The highest BCUT2D eigenvalue weighted by molar-refractivity contribution is 7.99. The van der Waals surface area contributed by atoms with E-state index in [4.69, 9.17) is 4.74 Å². The number of esters is 1. The zero-order chi connectivity index (χ0) is 20.8. The van der Waals surface area contributed by atoms with Crippen molar-refractivity contribution >= 4 is 45.1 Å². The molecule has 9 heteroatoms. The summed E-state index contributed by atoms with van der Waals surface area (Å²) in [5.41, 5.74) is 1.84. The molecule has 1 aromatic carbocycles. The van der Waals surface area contributed by atoms with Crippen molar-refractivity contribution in [2.75, 3.05) is 12.9 Å². The van der Waals surface area contributed by atoms with Gasteiger partial charge in [-0.25, -0.2) is 8.97 Å². The minimum Gasteiger partial charge on any atom is -0.468 e. The number of ether oxygens (including phenoxy) is 1. The van der Waals surface area contributed by atoms with E-state index in [2.05, 4.69) is 17.1 Å². The molecule has 3 heterocycles. The smallest absolute Gasteiger partial charge is 0.316 e. The Morgan fingerprint density at radius 3 is 2.87 bits per heavy atom. The van der Waals surface area contributed by atoms with Crippen LogP contribution in [0.1, 0.15) is 36.1 Å². The SMILES string of the molecule is COC(=O)CSc1nnc2n(-c3ccccc3)c(=O)c3c4c(sc3n12)CCCC4C. The number of thioether (sulfide) groups is 1. The quantitative estimate of drug-likeness (QED) is 0.355. The fourth-order valence-corrected chi connectivity index (χ4v) is 6.41. The number of fused-ring (bicyclic) bond motifs is 5. The number of hydrogen-bond donors (Lipinski definition) is 0. The molecule has 0 bridgehead atoms. The highest BCUT2D eigenvalue weighted by Crippen LogP contribution is 2.41. The number of nitrogens with zero attached hydrogens (tertiary/aromatic N) is 4. The molecule has 0 fully saturated rings. The molecule has 1 aliphatic carbocycles. The maximum absolute atomic E-state index is 13.8. The molecule has 0 spiro atoms. The van der Waals surface area contributed by atoms with Gasteiger partial charge in [-0.2, -0.15) is 0 Å². The van der Waals surface area contributed by atoms with Crippen LogP contribution in [-0.4, -0.2) is 38.0 Å². The molecule has 1 unspecified atom stereocenters. The maximum Gasteiger partial charge on any atom is 0.316 e. The van der Waals surface area contributed by atoms with Gasteiger partial charge in [0.1, 0.15) is 4.83 Å². The van der Waals surface area contributed by atoms with Crippen LogP contribution in [0.2, 0.25) is 0 Å². The van der Waals surface area contributed by atoms with Crippen LogP contribution < -0.4 is 5.56 Å². The largest absolute Gasteiger partial charge is 0.468 e. The molecule has 0 amide bonds. The summed E-state index contributed by atoms with van der Waals surface area (Å²) in [5.74, 6) is 0.588. The van der Waals surface area contributed by atoms with E-state index in [9.17, 15) is 9.59 Å².